The molecular formula is C9H7F3O3. The lowest BCUT2D eigenvalue weighted by molar-refractivity contribution is -0.274. The highest BCUT2D eigenvalue weighted by atomic mass is 19.4. The Kier molecular flexibility index (Phi) is 2.88. The molecule has 82 valence electrons. The molecule has 0 amide bonds. The van der Waals surface area contributed by atoms with Crippen molar-refractivity contribution in [1.82, 2.24) is 0 Å². The number of hydrogen-bond acceptors (Lipinski definition) is 3. The zero-order valence-electron chi connectivity index (χ0n) is 7.63. The number of phenols is 1. The first-order valence-corrected chi connectivity index (χ1v) is 3.89. The number of carbonyl (C=O) groups excluding carboxylic acids is 1. The molecule has 1 aromatic carbocycles. The molecule has 0 aliphatic carbocycles. The van der Waals surface area contributed by atoms with Crippen LogP contribution in [0.15, 0.2) is 18.2 Å². The molecule has 0 aliphatic heterocycles. The Balaban J connectivity index is 3.12. The Morgan fingerprint density at radius 3 is 2.47 bits per heavy atom. The van der Waals surface area contributed by atoms with Crippen molar-refractivity contribution in [2.24, 2.45) is 0 Å². The third-order valence-electron chi connectivity index (χ3n) is 1.57. The lowest BCUT2D eigenvalue weighted by Crippen LogP contribution is -2.18. The van der Waals surface area contributed by atoms with Gasteiger partial charge in [0.2, 0.25) is 0 Å². The minimum Gasteiger partial charge on any atom is -0.508 e. The third kappa shape index (κ3) is 3.16. The van der Waals surface area contributed by atoms with E-state index in [0.717, 1.165) is 25.1 Å². The molecule has 0 radical (unpaired) electrons. The molecule has 0 spiro atoms. The van der Waals surface area contributed by atoms with Crippen LogP contribution in [-0.4, -0.2) is 17.3 Å². The fraction of sp³-hybridized carbons (Fsp3) is 0.222. The second-order valence-electron chi connectivity index (χ2n) is 2.78. The molecule has 0 aromatic heterocycles. The topological polar surface area (TPSA) is 46.5 Å². The summed E-state index contributed by atoms with van der Waals surface area (Å²) in [4.78, 5) is 10.9. The molecule has 1 aromatic rings. The molecule has 1 N–H and O–H groups in total. The molecule has 6 heteroatoms. The number of benzene rings is 1. The van der Waals surface area contributed by atoms with Gasteiger partial charge < -0.3 is 9.84 Å². The van der Waals surface area contributed by atoms with E-state index in [2.05, 4.69) is 4.74 Å². The maximum atomic E-state index is 11.9. The molecule has 0 saturated carbocycles. The summed E-state index contributed by atoms with van der Waals surface area (Å²) in [6.45, 7) is 1.08. The van der Waals surface area contributed by atoms with E-state index in [1.165, 1.54) is 0 Å². The highest BCUT2D eigenvalue weighted by molar-refractivity contribution is 5.97. The molecule has 0 saturated heterocycles. The Labute approximate surface area is 83.1 Å². The summed E-state index contributed by atoms with van der Waals surface area (Å²) in [5.41, 5.74) is -0.313. The molecule has 1 rings (SSSR count). The number of ketones is 1. The quantitative estimate of drug-likeness (QED) is 0.779. The maximum Gasteiger partial charge on any atom is 0.573 e. The van der Waals surface area contributed by atoms with Gasteiger partial charge in [0.05, 0.1) is 5.56 Å². The van der Waals surface area contributed by atoms with Gasteiger partial charge in [-0.15, -0.1) is 13.2 Å². The summed E-state index contributed by atoms with van der Waals surface area (Å²) in [5.74, 6) is -1.53. The molecule has 0 heterocycles. The second kappa shape index (κ2) is 3.80. The summed E-state index contributed by atoms with van der Waals surface area (Å²) < 4.78 is 39.3. The average molecular weight is 220 g/mol. The molecular weight excluding hydrogens is 213 g/mol. The number of alkyl halides is 3. The maximum absolute atomic E-state index is 11.9. The summed E-state index contributed by atoms with van der Waals surface area (Å²) in [7, 11) is 0. The minimum atomic E-state index is -4.86. The Morgan fingerprint density at radius 2 is 2.00 bits per heavy atom. The molecule has 0 unspecified atom stereocenters. The number of Topliss-reactive ketones (excluding diaryl/α,β-unsaturated/α-hetero) is 1. The molecule has 0 aliphatic rings. The second-order valence-corrected chi connectivity index (χ2v) is 2.78. The van der Waals surface area contributed by atoms with Gasteiger partial charge in [-0.25, -0.2) is 0 Å². The molecule has 0 atom stereocenters. The zero-order valence-corrected chi connectivity index (χ0v) is 7.63. The van der Waals surface area contributed by atoms with E-state index < -0.39 is 17.9 Å². The van der Waals surface area contributed by atoms with Crippen molar-refractivity contribution < 1.29 is 27.8 Å². The fourth-order valence-electron chi connectivity index (χ4n) is 1.01. The van der Waals surface area contributed by atoms with Crippen LogP contribution in [0.5, 0.6) is 11.5 Å². The summed E-state index contributed by atoms with van der Waals surface area (Å²) in [6, 6.07) is 2.82. The van der Waals surface area contributed by atoms with Gasteiger partial charge in [-0.1, -0.05) is 0 Å². The highest BCUT2D eigenvalue weighted by Crippen LogP contribution is 2.29. The van der Waals surface area contributed by atoms with Crippen molar-refractivity contribution in [2.75, 3.05) is 0 Å². The first kappa shape index (κ1) is 11.4. The molecule has 15 heavy (non-hydrogen) atoms. The van der Waals surface area contributed by atoms with Crippen molar-refractivity contribution >= 4 is 5.78 Å². The molecule has 0 bridgehead atoms. The number of rotatable bonds is 2. The van der Waals surface area contributed by atoms with Crippen molar-refractivity contribution in [3.8, 4) is 11.5 Å². The number of halogens is 3. The largest absolute Gasteiger partial charge is 0.573 e. The van der Waals surface area contributed by atoms with E-state index in [1.54, 1.807) is 0 Å². The zero-order chi connectivity index (χ0) is 11.6. The first-order valence-electron chi connectivity index (χ1n) is 3.89. The van der Waals surface area contributed by atoms with E-state index in [1.807, 2.05) is 0 Å². The van der Waals surface area contributed by atoms with Gasteiger partial charge in [-0.3, -0.25) is 4.79 Å². The van der Waals surface area contributed by atoms with E-state index in [-0.39, 0.29) is 11.3 Å². The standard InChI is InChI=1S/C9H7F3O3/c1-5(13)7-4-6(14)2-3-8(7)15-9(10,11)12/h2-4,14H,1H3. The Hall–Kier alpha value is -1.72. The van der Waals surface area contributed by atoms with Crippen molar-refractivity contribution in [3.63, 3.8) is 0 Å². The van der Waals surface area contributed by atoms with Crippen LogP contribution in [0.2, 0.25) is 0 Å². The number of aromatic hydroxyl groups is 1. The van der Waals surface area contributed by atoms with Crippen LogP contribution < -0.4 is 4.74 Å². The fourth-order valence-corrected chi connectivity index (χ4v) is 1.01. The number of carbonyl (C=O) groups is 1. The van der Waals surface area contributed by atoms with Crippen LogP contribution >= 0.6 is 0 Å². The van der Waals surface area contributed by atoms with Gasteiger partial charge in [0.15, 0.2) is 5.78 Å². The highest BCUT2D eigenvalue weighted by Gasteiger charge is 2.32. The van der Waals surface area contributed by atoms with Crippen molar-refractivity contribution in [2.45, 2.75) is 13.3 Å². The van der Waals surface area contributed by atoms with Crippen LogP contribution in [-0.2, 0) is 0 Å². The first-order chi connectivity index (χ1) is 6.79. The lowest BCUT2D eigenvalue weighted by Gasteiger charge is -2.11. The van der Waals surface area contributed by atoms with Crippen molar-refractivity contribution in [1.29, 1.82) is 0 Å². The van der Waals surface area contributed by atoms with Crippen molar-refractivity contribution in [3.05, 3.63) is 23.8 Å². The predicted octanol–water partition coefficient (Wildman–Crippen LogP) is 2.49. The Bertz CT molecular complexity index is 385. The summed E-state index contributed by atoms with van der Waals surface area (Å²) in [5, 5.41) is 9.00. The number of ether oxygens (including phenoxy) is 1. The monoisotopic (exact) mass is 220 g/mol. The van der Waals surface area contributed by atoms with Crippen LogP contribution in [0.1, 0.15) is 17.3 Å². The lowest BCUT2D eigenvalue weighted by atomic mass is 10.1. The third-order valence-corrected chi connectivity index (χ3v) is 1.57. The SMILES string of the molecule is CC(=O)c1cc(O)ccc1OC(F)(F)F. The Morgan fingerprint density at radius 1 is 1.40 bits per heavy atom. The van der Waals surface area contributed by atoms with Crippen LogP contribution in [0.4, 0.5) is 13.2 Å². The van der Waals surface area contributed by atoms with E-state index >= 15 is 0 Å². The summed E-state index contributed by atoms with van der Waals surface area (Å²) in [6.07, 6.45) is -4.86. The van der Waals surface area contributed by atoms with Gasteiger partial charge >= 0.3 is 6.36 Å². The number of hydrogen-bond donors (Lipinski definition) is 1. The summed E-state index contributed by atoms with van der Waals surface area (Å²) >= 11 is 0. The van der Waals surface area contributed by atoms with Crippen LogP contribution in [0.3, 0.4) is 0 Å². The van der Waals surface area contributed by atoms with E-state index in [0.29, 0.717) is 0 Å². The predicted molar refractivity (Wildman–Crippen MR) is 44.8 cm³/mol. The van der Waals surface area contributed by atoms with E-state index in [4.69, 9.17) is 5.11 Å². The van der Waals surface area contributed by atoms with E-state index in [9.17, 15) is 18.0 Å². The normalized spacial score (nSPS) is 11.2. The average Bonchev–Trinajstić information content (AvgIpc) is 2.05. The van der Waals surface area contributed by atoms with Gasteiger partial charge in [-0.05, 0) is 25.1 Å². The molecule has 3 nitrogen and oxygen atoms in total. The number of phenolic OH excluding ortho intramolecular Hbond substituents is 1. The van der Waals surface area contributed by atoms with Gasteiger partial charge in [-0.2, -0.15) is 0 Å². The van der Waals surface area contributed by atoms with Gasteiger partial charge in [0, 0.05) is 0 Å². The van der Waals surface area contributed by atoms with Crippen LogP contribution in [0, 0.1) is 0 Å². The van der Waals surface area contributed by atoms with Crippen LogP contribution in [0.25, 0.3) is 0 Å². The smallest absolute Gasteiger partial charge is 0.508 e. The van der Waals surface area contributed by atoms with Gasteiger partial charge in [0.25, 0.3) is 0 Å². The minimum absolute atomic E-state index is 0.297. The molecule has 0 fully saturated rings. The van der Waals surface area contributed by atoms with Gasteiger partial charge in [0.1, 0.15) is 11.5 Å².